The second-order valence-electron chi connectivity index (χ2n) is 8.47. The van der Waals surface area contributed by atoms with Crippen LogP contribution >= 0.6 is 11.3 Å². The molecule has 0 spiro atoms. The molecule has 1 N–H and O–H groups in total. The molecule has 1 aliphatic heterocycles. The smallest absolute Gasteiger partial charge is 0.338 e. The van der Waals surface area contributed by atoms with E-state index in [0.29, 0.717) is 31.9 Å². The zero-order valence-corrected chi connectivity index (χ0v) is 21.2. The molecular weight excluding hydrogens is 480 g/mol. The average molecular weight is 507 g/mol. The number of nitrogens with zero attached hydrogens (tertiary/aromatic N) is 2. The molecule has 9 heteroatoms. The number of esters is 1. The Kier molecular flexibility index (Phi) is 7.21. The van der Waals surface area contributed by atoms with Gasteiger partial charge in [-0.3, -0.25) is 9.36 Å². The van der Waals surface area contributed by atoms with Crippen LogP contribution in [-0.4, -0.2) is 34.3 Å². The number of thiazole rings is 1. The minimum absolute atomic E-state index is 0.00955. The molecule has 3 aromatic rings. The van der Waals surface area contributed by atoms with Crippen molar-refractivity contribution in [1.82, 2.24) is 4.57 Å². The number of aromatic carboxylic acids is 1. The highest BCUT2D eigenvalue weighted by Gasteiger charge is 2.33. The standard InChI is InChI=1S/C27H26N2O6S/c1-5-34-26(33)22-16(4)28-27-29(23(22)18-10-12-20(13-11-18)35-15(2)3)24(30)21(36-27)14-17-6-8-19(9-7-17)25(31)32/h6-15,23H,5H2,1-4H3,(H,31,32)/b21-14-/t23-/m0/s1. The highest BCUT2D eigenvalue weighted by atomic mass is 32.1. The van der Waals surface area contributed by atoms with Crippen LogP contribution < -0.4 is 19.6 Å². The van der Waals surface area contributed by atoms with Crippen molar-refractivity contribution in [2.45, 2.75) is 39.8 Å². The van der Waals surface area contributed by atoms with E-state index in [1.807, 2.05) is 38.1 Å². The van der Waals surface area contributed by atoms with Crippen LogP contribution in [0.1, 0.15) is 55.2 Å². The van der Waals surface area contributed by atoms with Crippen molar-refractivity contribution in [3.8, 4) is 5.75 Å². The molecule has 0 unspecified atom stereocenters. The quantitative estimate of drug-likeness (QED) is 0.493. The molecule has 0 bridgehead atoms. The van der Waals surface area contributed by atoms with Crippen LogP contribution in [0, 0.1) is 0 Å². The van der Waals surface area contributed by atoms with Gasteiger partial charge in [0.1, 0.15) is 5.75 Å². The summed E-state index contributed by atoms with van der Waals surface area (Å²) in [4.78, 5) is 42.8. The number of rotatable bonds is 7. The highest BCUT2D eigenvalue weighted by molar-refractivity contribution is 7.07. The first-order valence-corrected chi connectivity index (χ1v) is 12.3. The van der Waals surface area contributed by atoms with Gasteiger partial charge in [-0.2, -0.15) is 0 Å². The number of carbonyl (C=O) groups excluding carboxylic acids is 1. The summed E-state index contributed by atoms with van der Waals surface area (Å²) in [5.41, 5.74) is 2.05. The number of hydrogen-bond acceptors (Lipinski definition) is 7. The van der Waals surface area contributed by atoms with Gasteiger partial charge in [0.05, 0.1) is 40.1 Å². The Bertz CT molecular complexity index is 1510. The van der Waals surface area contributed by atoms with E-state index in [9.17, 15) is 14.4 Å². The normalized spacial score (nSPS) is 15.5. The Morgan fingerprint density at radius 3 is 2.39 bits per heavy atom. The van der Waals surface area contributed by atoms with Crippen LogP contribution in [0.4, 0.5) is 0 Å². The van der Waals surface area contributed by atoms with Crippen molar-refractivity contribution in [3.63, 3.8) is 0 Å². The predicted molar refractivity (Wildman–Crippen MR) is 136 cm³/mol. The molecule has 1 atom stereocenters. The van der Waals surface area contributed by atoms with E-state index in [1.54, 1.807) is 32.1 Å². The lowest BCUT2D eigenvalue weighted by Crippen LogP contribution is -2.39. The molecule has 0 saturated heterocycles. The highest BCUT2D eigenvalue weighted by Crippen LogP contribution is 2.31. The summed E-state index contributed by atoms with van der Waals surface area (Å²) in [6.45, 7) is 7.53. The third-order valence-electron chi connectivity index (χ3n) is 5.54. The Morgan fingerprint density at radius 2 is 1.81 bits per heavy atom. The summed E-state index contributed by atoms with van der Waals surface area (Å²) in [6.07, 6.45) is 1.70. The summed E-state index contributed by atoms with van der Waals surface area (Å²) in [5.74, 6) is -0.859. The van der Waals surface area contributed by atoms with Crippen LogP contribution in [0.3, 0.4) is 0 Å². The first-order chi connectivity index (χ1) is 17.2. The van der Waals surface area contributed by atoms with Gasteiger partial charge in [0.15, 0.2) is 4.80 Å². The van der Waals surface area contributed by atoms with Gasteiger partial charge in [-0.1, -0.05) is 35.6 Å². The van der Waals surface area contributed by atoms with Crippen molar-refractivity contribution in [3.05, 3.63) is 96.2 Å². The number of allylic oxidation sites excluding steroid dienone is 1. The topological polar surface area (TPSA) is 107 Å². The molecule has 186 valence electrons. The Hall–Kier alpha value is -3.98. The number of carboxylic acids is 1. The van der Waals surface area contributed by atoms with Crippen LogP contribution in [0.25, 0.3) is 6.08 Å². The third kappa shape index (κ3) is 5.01. The van der Waals surface area contributed by atoms with E-state index < -0.39 is 18.0 Å². The predicted octanol–water partition coefficient (Wildman–Crippen LogP) is 3.28. The monoisotopic (exact) mass is 506 g/mol. The molecule has 36 heavy (non-hydrogen) atoms. The fourth-order valence-electron chi connectivity index (χ4n) is 3.98. The lowest BCUT2D eigenvalue weighted by molar-refractivity contribution is -0.139. The molecule has 0 amide bonds. The molecule has 1 aliphatic rings. The van der Waals surface area contributed by atoms with Crippen LogP contribution in [0.15, 0.2) is 69.6 Å². The van der Waals surface area contributed by atoms with Crippen molar-refractivity contribution < 1.29 is 24.2 Å². The van der Waals surface area contributed by atoms with Gasteiger partial charge in [-0.25, -0.2) is 14.6 Å². The summed E-state index contributed by atoms with van der Waals surface area (Å²) in [5, 5.41) is 9.13. The van der Waals surface area contributed by atoms with E-state index in [0.717, 1.165) is 5.56 Å². The first-order valence-electron chi connectivity index (χ1n) is 11.5. The number of aromatic nitrogens is 1. The number of carboxylic acid groups (broad SMARTS) is 1. The number of carbonyl (C=O) groups is 2. The molecular formula is C27H26N2O6S. The molecule has 4 rings (SSSR count). The largest absolute Gasteiger partial charge is 0.491 e. The Balaban J connectivity index is 1.86. The van der Waals surface area contributed by atoms with Gasteiger partial charge in [0, 0.05) is 0 Å². The first kappa shape index (κ1) is 25.1. The Labute approximate surface area is 211 Å². The second kappa shape index (κ2) is 10.3. The number of hydrogen-bond donors (Lipinski definition) is 1. The maximum Gasteiger partial charge on any atom is 0.338 e. The van der Waals surface area contributed by atoms with Gasteiger partial charge >= 0.3 is 11.9 Å². The van der Waals surface area contributed by atoms with Gasteiger partial charge in [0.2, 0.25) is 0 Å². The second-order valence-corrected chi connectivity index (χ2v) is 9.47. The molecule has 2 aromatic carbocycles. The number of ether oxygens (including phenoxy) is 2. The van der Waals surface area contributed by atoms with Crippen molar-refractivity contribution in [1.29, 1.82) is 0 Å². The van der Waals surface area contributed by atoms with Crippen molar-refractivity contribution in [2.75, 3.05) is 6.61 Å². The van der Waals surface area contributed by atoms with Crippen LogP contribution in [-0.2, 0) is 9.53 Å². The summed E-state index contributed by atoms with van der Waals surface area (Å²) in [7, 11) is 0. The minimum atomic E-state index is -1.02. The third-order valence-corrected chi connectivity index (χ3v) is 6.52. The van der Waals surface area contributed by atoms with Gasteiger partial charge in [-0.05, 0) is 69.2 Å². The fraction of sp³-hybridized carbons (Fsp3) is 0.259. The molecule has 1 aromatic heterocycles. The minimum Gasteiger partial charge on any atom is -0.491 e. The maximum absolute atomic E-state index is 13.6. The van der Waals surface area contributed by atoms with Gasteiger partial charge in [-0.15, -0.1) is 0 Å². The summed E-state index contributed by atoms with van der Waals surface area (Å²) >= 11 is 1.21. The van der Waals surface area contributed by atoms with Gasteiger partial charge in [0.25, 0.3) is 5.56 Å². The van der Waals surface area contributed by atoms with E-state index in [4.69, 9.17) is 14.6 Å². The average Bonchev–Trinajstić information content (AvgIpc) is 3.13. The van der Waals surface area contributed by atoms with Crippen LogP contribution in [0.5, 0.6) is 5.75 Å². The Morgan fingerprint density at radius 1 is 1.14 bits per heavy atom. The van der Waals surface area contributed by atoms with E-state index in [-0.39, 0.29) is 23.8 Å². The van der Waals surface area contributed by atoms with Crippen molar-refractivity contribution >= 4 is 29.4 Å². The molecule has 0 radical (unpaired) electrons. The molecule has 8 nitrogen and oxygen atoms in total. The van der Waals surface area contributed by atoms with E-state index in [2.05, 4.69) is 4.99 Å². The van der Waals surface area contributed by atoms with E-state index >= 15 is 0 Å². The van der Waals surface area contributed by atoms with E-state index in [1.165, 1.54) is 28.0 Å². The lowest BCUT2D eigenvalue weighted by atomic mass is 9.96. The number of benzene rings is 2. The number of fused-ring (bicyclic) bond motifs is 1. The maximum atomic E-state index is 13.6. The molecule has 0 aliphatic carbocycles. The molecule has 0 saturated carbocycles. The van der Waals surface area contributed by atoms with Gasteiger partial charge < -0.3 is 14.6 Å². The molecule has 0 fully saturated rings. The fourth-order valence-corrected chi connectivity index (χ4v) is 5.03. The summed E-state index contributed by atoms with van der Waals surface area (Å²) < 4.78 is 13.0. The zero-order valence-electron chi connectivity index (χ0n) is 20.3. The molecule has 2 heterocycles. The van der Waals surface area contributed by atoms with Crippen molar-refractivity contribution in [2.24, 2.45) is 4.99 Å². The zero-order chi connectivity index (χ0) is 26.0. The SMILES string of the molecule is CCOC(=O)C1=C(C)N=c2s/c(=C\c3ccc(C(=O)O)cc3)c(=O)n2[C@H]1c1ccc(OC(C)C)cc1. The summed E-state index contributed by atoms with van der Waals surface area (Å²) in [6, 6.07) is 12.8. The van der Waals surface area contributed by atoms with Crippen LogP contribution in [0.2, 0.25) is 0 Å². The lowest BCUT2D eigenvalue weighted by Gasteiger charge is -2.25.